The van der Waals surface area contributed by atoms with Gasteiger partial charge in [0.2, 0.25) is 0 Å². The van der Waals surface area contributed by atoms with Crippen LogP contribution < -0.4 is 0 Å². The SMILES string of the molecule is CCCCP(C)(CCCC)(CCCC)N(C#N)C#N. The molecule has 0 aromatic heterocycles. The van der Waals surface area contributed by atoms with Gasteiger partial charge in [-0.05, 0) is 0 Å². The molecule has 0 atom stereocenters. The molecule has 0 aromatic rings. The summed E-state index contributed by atoms with van der Waals surface area (Å²) < 4.78 is 1.52. The van der Waals surface area contributed by atoms with Gasteiger partial charge in [0.15, 0.2) is 0 Å². The van der Waals surface area contributed by atoms with E-state index in [1.807, 2.05) is 0 Å². The van der Waals surface area contributed by atoms with Gasteiger partial charge in [-0.2, -0.15) is 0 Å². The number of hydrogen-bond acceptors (Lipinski definition) is 3. The van der Waals surface area contributed by atoms with E-state index in [0.29, 0.717) is 0 Å². The molecule has 0 heterocycles. The number of hydrogen-bond donors (Lipinski definition) is 0. The second-order valence-corrected chi connectivity index (χ2v) is 12.2. The van der Waals surface area contributed by atoms with Crippen molar-refractivity contribution < 1.29 is 0 Å². The first-order valence-electron chi connectivity index (χ1n) is 7.61. The predicted octanol–water partition coefficient (Wildman–Crippen LogP) is 4.75. The van der Waals surface area contributed by atoms with Crippen LogP contribution in [-0.2, 0) is 0 Å². The van der Waals surface area contributed by atoms with Crippen LogP contribution in [0.4, 0.5) is 0 Å². The summed E-state index contributed by atoms with van der Waals surface area (Å²) in [7, 11) is 0. The summed E-state index contributed by atoms with van der Waals surface area (Å²) in [6.45, 7) is 6.47. The molecule has 0 rings (SSSR count). The molecule has 0 spiro atoms. The zero-order valence-electron chi connectivity index (χ0n) is 13.2. The number of nitriles is 2. The van der Waals surface area contributed by atoms with E-state index in [4.69, 9.17) is 0 Å². The standard InChI is InChI=1S/C15H30N3P/c1-5-8-11-19(4,12-9-6-2,13-10-7-3)18(14-16)15-17/h5-13H2,1-4H3. The zero-order chi connectivity index (χ0) is 14.8. The molecule has 0 bridgehead atoms. The Hall–Kier alpha value is -0.790. The number of rotatable bonds is 10. The second kappa shape index (κ2) is 8.39. The molecule has 4 heteroatoms. The van der Waals surface area contributed by atoms with Gasteiger partial charge in [-0.15, -0.1) is 0 Å². The average Bonchev–Trinajstić information content (AvgIpc) is 2.43. The maximum atomic E-state index is 9.41. The van der Waals surface area contributed by atoms with E-state index in [9.17, 15) is 10.5 Å². The maximum absolute atomic E-state index is 9.41. The molecule has 0 aliphatic rings. The molecule has 3 nitrogen and oxygen atoms in total. The average molecular weight is 283 g/mol. The summed E-state index contributed by atoms with van der Waals surface area (Å²) in [6, 6.07) is 0. The summed E-state index contributed by atoms with van der Waals surface area (Å²) in [5.41, 5.74) is 0. The molecule has 0 fully saturated rings. The summed E-state index contributed by atoms with van der Waals surface area (Å²) in [6.07, 6.45) is 14.3. The van der Waals surface area contributed by atoms with Gasteiger partial charge < -0.3 is 0 Å². The fourth-order valence-electron chi connectivity index (χ4n) is 2.77. The predicted molar refractivity (Wildman–Crippen MR) is 85.2 cm³/mol. The molecular formula is C15H30N3P. The topological polar surface area (TPSA) is 50.8 Å². The monoisotopic (exact) mass is 283 g/mol. The number of nitrogens with zero attached hydrogens (tertiary/aromatic N) is 3. The van der Waals surface area contributed by atoms with Gasteiger partial charge in [0.25, 0.3) is 0 Å². The molecular weight excluding hydrogens is 253 g/mol. The van der Waals surface area contributed by atoms with E-state index < -0.39 is 6.75 Å². The van der Waals surface area contributed by atoms with Crippen LogP contribution in [0.15, 0.2) is 0 Å². The van der Waals surface area contributed by atoms with Gasteiger partial charge in [0.05, 0.1) is 0 Å². The Bertz CT molecular complexity index is 302. The minimum absolute atomic E-state index is 1.06. The van der Waals surface area contributed by atoms with Crippen molar-refractivity contribution in [2.75, 3.05) is 25.2 Å². The van der Waals surface area contributed by atoms with Gasteiger partial charge in [-0.25, -0.2) is 0 Å². The Morgan fingerprint density at radius 1 is 0.789 bits per heavy atom. The zero-order valence-corrected chi connectivity index (χ0v) is 14.0. The Kier molecular flexibility index (Phi) is 8.05. The molecule has 110 valence electrons. The third-order valence-corrected chi connectivity index (χ3v) is 10.5. The molecule has 0 saturated carbocycles. The van der Waals surface area contributed by atoms with Crippen LogP contribution in [0.3, 0.4) is 0 Å². The van der Waals surface area contributed by atoms with Crippen LogP contribution in [0.5, 0.6) is 0 Å². The van der Waals surface area contributed by atoms with Crippen LogP contribution >= 0.6 is 6.75 Å². The molecule has 0 N–H and O–H groups in total. The van der Waals surface area contributed by atoms with Gasteiger partial charge in [0.1, 0.15) is 0 Å². The minimum atomic E-state index is -2.37. The van der Waals surface area contributed by atoms with Gasteiger partial charge >= 0.3 is 119 Å². The normalized spacial score (nSPS) is 13.1. The first kappa shape index (κ1) is 18.2. The first-order chi connectivity index (χ1) is 9.01. The van der Waals surface area contributed by atoms with Crippen molar-refractivity contribution in [3.05, 3.63) is 0 Å². The van der Waals surface area contributed by atoms with Crippen LogP contribution in [0.1, 0.15) is 59.3 Å². The van der Waals surface area contributed by atoms with Gasteiger partial charge in [0, 0.05) is 0 Å². The number of unbranched alkanes of at least 4 members (excludes halogenated alkanes) is 3. The van der Waals surface area contributed by atoms with E-state index in [1.165, 1.54) is 4.67 Å². The summed E-state index contributed by atoms with van der Waals surface area (Å²) in [5, 5.41) is 18.8. The van der Waals surface area contributed by atoms with Crippen LogP contribution in [0.2, 0.25) is 0 Å². The Balaban J connectivity index is 5.42. The molecule has 0 aliphatic heterocycles. The summed E-state index contributed by atoms with van der Waals surface area (Å²) in [4.78, 5) is 0. The van der Waals surface area contributed by atoms with E-state index in [-0.39, 0.29) is 0 Å². The third-order valence-electron chi connectivity index (χ3n) is 4.27. The Morgan fingerprint density at radius 2 is 1.11 bits per heavy atom. The van der Waals surface area contributed by atoms with Crippen molar-refractivity contribution in [2.24, 2.45) is 0 Å². The fraction of sp³-hybridized carbons (Fsp3) is 0.867. The van der Waals surface area contributed by atoms with Crippen molar-refractivity contribution in [2.45, 2.75) is 59.3 Å². The second-order valence-electron chi connectivity index (χ2n) is 5.99. The molecule has 0 saturated heterocycles. The first-order valence-corrected chi connectivity index (χ1v) is 10.8. The van der Waals surface area contributed by atoms with E-state index >= 15 is 0 Å². The van der Waals surface area contributed by atoms with E-state index in [2.05, 4.69) is 39.8 Å². The quantitative estimate of drug-likeness (QED) is 0.330. The molecule has 0 amide bonds. The molecule has 0 aromatic carbocycles. The van der Waals surface area contributed by atoms with Crippen LogP contribution in [-0.4, -0.2) is 29.8 Å². The van der Waals surface area contributed by atoms with E-state index in [1.54, 1.807) is 0 Å². The molecule has 0 radical (unpaired) electrons. The van der Waals surface area contributed by atoms with Gasteiger partial charge in [-0.3, -0.25) is 0 Å². The van der Waals surface area contributed by atoms with E-state index in [0.717, 1.165) is 57.0 Å². The molecule has 0 unspecified atom stereocenters. The molecule has 19 heavy (non-hydrogen) atoms. The Labute approximate surface area is 119 Å². The van der Waals surface area contributed by atoms with Crippen molar-refractivity contribution in [1.82, 2.24) is 4.67 Å². The third kappa shape index (κ3) is 4.67. The fourth-order valence-corrected chi connectivity index (χ4v) is 8.26. The Morgan fingerprint density at radius 3 is 1.32 bits per heavy atom. The summed E-state index contributed by atoms with van der Waals surface area (Å²) >= 11 is 0. The van der Waals surface area contributed by atoms with Crippen LogP contribution in [0, 0.1) is 22.9 Å². The van der Waals surface area contributed by atoms with Crippen LogP contribution in [0.25, 0.3) is 0 Å². The van der Waals surface area contributed by atoms with Crippen molar-refractivity contribution >= 4 is 6.75 Å². The van der Waals surface area contributed by atoms with Gasteiger partial charge in [-0.1, -0.05) is 0 Å². The molecule has 0 aliphatic carbocycles. The van der Waals surface area contributed by atoms with Crippen molar-refractivity contribution in [1.29, 1.82) is 10.5 Å². The van der Waals surface area contributed by atoms with Crippen molar-refractivity contribution in [3.63, 3.8) is 0 Å². The van der Waals surface area contributed by atoms with Crippen molar-refractivity contribution in [3.8, 4) is 12.4 Å². The summed E-state index contributed by atoms with van der Waals surface area (Å²) in [5.74, 6) is 0.